The molecular weight excluding hydrogens is 295 g/mol. The summed E-state index contributed by atoms with van der Waals surface area (Å²) in [4.78, 5) is 11.2. The predicted octanol–water partition coefficient (Wildman–Crippen LogP) is 2.56. The molecule has 1 aromatic rings. The minimum Gasteiger partial charge on any atom is -0.507 e. The lowest BCUT2D eigenvalue weighted by Gasteiger charge is -2.07. The first-order valence-corrected chi connectivity index (χ1v) is 5.29. The molecule has 1 rings (SSSR count). The highest BCUT2D eigenvalue weighted by atomic mass is 127. The normalized spacial score (nSPS) is 10.3. The van der Waals surface area contributed by atoms with E-state index in [1.165, 1.54) is 6.07 Å². The van der Waals surface area contributed by atoms with Gasteiger partial charge in [-0.05, 0) is 34.7 Å². The third-order valence-electron chi connectivity index (χ3n) is 1.61. The average Bonchev–Trinajstić information content (AvgIpc) is 2.11. The van der Waals surface area contributed by atoms with Gasteiger partial charge in [0.25, 0.3) is 0 Å². The first-order valence-electron chi connectivity index (χ1n) is 4.21. The van der Waals surface area contributed by atoms with Crippen molar-refractivity contribution < 1.29 is 14.6 Å². The summed E-state index contributed by atoms with van der Waals surface area (Å²) in [5.41, 5.74) is 0. The summed E-state index contributed by atoms with van der Waals surface area (Å²) in [7, 11) is 0. The molecule has 0 atom stereocenters. The van der Waals surface area contributed by atoms with Gasteiger partial charge in [-0.3, -0.25) is 4.79 Å². The van der Waals surface area contributed by atoms with Gasteiger partial charge < -0.3 is 9.84 Å². The second kappa shape index (κ2) is 4.63. The zero-order valence-corrected chi connectivity index (χ0v) is 10.1. The second-order valence-electron chi connectivity index (χ2n) is 3.19. The van der Waals surface area contributed by atoms with Gasteiger partial charge in [0.05, 0.1) is 9.49 Å². The van der Waals surface area contributed by atoms with E-state index in [9.17, 15) is 9.90 Å². The van der Waals surface area contributed by atoms with Crippen LogP contribution in [-0.2, 0) is 4.79 Å². The molecule has 76 valence electrons. The van der Waals surface area contributed by atoms with E-state index < -0.39 is 0 Å². The fourth-order valence-corrected chi connectivity index (χ4v) is 1.13. The van der Waals surface area contributed by atoms with Gasteiger partial charge in [-0.2, -0.15) is 0 Å². The Morgan fingerprint density at radius 3 is 2.64 bits per heavy atom. The summed E-state index contributed by atoms with van der Waals surface area (Å²) in [5.74, 6) is 0.0308. The average molecular weight is 306 g/mol. The summed E-state index contributed by atoms with van der Waals surface area (Å²) < 4.78 is 5.74. The lowest BCUT2D eigenvalue weighted by atomic mass is 10.2. The number of carbonyl (C=O) groups excluding carboxylic acids is 1. The zero-order chi connectivity index (χ0) is 10.7. The lowest BCUT2D eigenvalue weighted by Crippen LogP contribution is -2.14. The van der Waals surface area contributed by atoms with E-state index in [4.69, 9.17) is 4.74 Å². The van der Waals surface area contributed by atoms with Gasteiger partial charge in [0.1, 0.15) is 11.5 Å². The van der Waals surface area contributed by atoms with E-state index in [1.807, 2.05) is 22.6 Å². The number of benzene rings is 1. The maximum atomic E-state index is 11.2. The summed E-state index contributed by atoms with van der Waals surface area (Å²) >= 11 is 2.00. The third-order valence-corrected chi connectivity index (χ3v) is 2.52. The highest BCUT2D eigenvalue weighted by Gasteiger charge is 2.10. The van der Waals surface area contributed by atoms with Crippen LogP contribution in [0.25, 0.3) is 0 Å². The number of rotatable bonds is 2. The van der Waals surface area contributed by atoms with Crippen LogP contribution in [0.15, 0.2) is 18.2 Å². The van der Waals surface area contributed by atoms with Crippen molar-refractivity contribution in [3.63, 3.8) is 0 Å². The van der Waals surface area contributed by atoms with Crippen LogP contribution < -0.4 is 4.74 Å². The standard InChI is InChI=1S/C10H11IO3/c1-6(2)10(13)14-7-3-4-8(11)9(12)5-7/h3-6,12H,1-2H3. The number of phenols is 1. The summed E-state index contributed by atoms with van der Waals surface area (Å²) in [5, 5.41) is 9.35. The number of halogens is 1. The van der Waals surface area contributed by atoms with E-state index in [0.29, 0.717) is 5.75 Å². The molecule has 0 radical (unpaired) electrons. The van der Waals surface area contributed by atoms with E-state index in [-0.39, 0.29) is 17.6 Å². The van der Waals surface area contributed by atoms with Crippen LogP contribution in [0.4, 0.5) is 0 Å². The highest BCUT2D eigenvalue weighted by Crippen LogP contribution is 2.25. The first kappa shape index (κ1) is 11.3. The van der Waals surface area contributed by atoms with Gasteiger partial charge in [-0.15, -0.1) is 0 Å². The minimum absolute atomic E-state index is 0.125. The Labute approximate surface area is 96.2 Å². The maximum absolute atomic E-state index is 11.2. The molecule has 0 spiro atoms. The molecule has 0 unspecified atom stereocenters. The Bertz CT molecular complexity index is 347. The molecule has 0 fully saturated rings. The molecule has 4 heteroatoms. The number of hydrogen-bond acceptors (Lipinski definition) is 3. The van der Waals surface area contributed by atoms with Crippen molar-refractivity contribution in [2.45, 2.75) is 13.8 Å². The molecular formula is C10H11IO3. The van der Waals surface area contributed by atoms with Crippen LogP contribution >= 0.6 is 22.6 Å². The van der Waals surface area contributed by atoms with Crippen molar-refractivity contribution in [1.29, 1.82) is 0 Å². The minimum atomic E-state index is -0.300. The largest absolute Gasteiger partial charge is 0.507 e. The summed E-state index contributed by atoms with van der Waals surface area (Å²) in [6, 6.07) is 4.78. The monoisotopic (exact) mass is 306 g/mol. The van der Waals surface area contributed by atoms with E-state index in [0.717, 1.165) is 3.57 Å². The molecule has 0 saturated heterocycles. The number of ether oxygens (including phenoxy) is 1. The van der Waals surface area contributed by atoms with Crippen molar-refractivity contribution in [1.82, 2.24) is 0 Å². The van der Waals surface area contributed by atoms with Crippen LogP contribution in [0.5, 0.6) is 11.5 Å². The van der Waals surface area contributed by atoms with Gasteiger partial charge >= 0.3 is 5.97 Å². The van der Waals surface area contributed by atoms with Gasteiger partial charge in [0.15, 0.2) is 0 Å². The molecule has 0 aromatic heterocycles. The molecule has 3 nitrogen and oxygen atoms in total. The van der Waals surface area contributed by atoms with Crippen molar-refractivity contribution >= 4 is 28.6 Å². The SMILES string of the molecule is CC(C)C(=O)Oc1ccc(I)c(O)c1. The quantitative estimate of drug-likeness (QED) is 0.519. The molecule has 0 aliphatic rings. The van der Waals surface area contributed by atoms with Gasteiger partial charge in [-0.25, -0.2) is 0 Å². The number of aromatic hydroxyl groups is 1. The van der Waals surface area contributed by atoms with Gasteiger partial charge in [0, 0.05) is 6.07 Å². The number of hydrogen-bond donors (Lipinski definition) is 1. The van der Waals surface area contributed by atoms with Crippen molar-refractivity contribution in [2.75, 3.05) is 0 Å². The highest BCUT2D eigenvalue weighted by molar-refractivity contribution is 14.1. The Morgan fingerprint density at radius 1 is 1.50 bits per heavy atom. The molecule has 0 aliphatic carbocycles. The second-order valence-corrected chi connectivity index (χ2v) is 4.35. The summed E-state index contributed by atoms with van der Waals surface area (Å²) in [6.07, 6.45) is 0. The van der Waals surface area contributed by atoms with Crippen molar-refractivity contribution in [2.24, 2.45) is 5.92 Å². The Hall–Kier alpha value is -0.780. The van der Waals surface area contributed by atoms with Crippen molar-refractivity contribution in [3.8, 4) is 11.5 Å². The third kappa shape index (κ3) is 2.87. The number of phenolic OH excluding ortho intramolecular Hbond substituents is 1. The van der Waals surface area contributed by atoms with Gasteiger partial charge in [0.2, 0.25) is 0 Å². The Kier molecular flexibility index (Phi) is 3.74. The Balaban J connectivity index is 2.78. The number of esters is 1. The van der Waals surface area contributed by atoms with Gasteiger partial charge in [-0.1, -0.05) is 13.8 Å². The topological polar surface area (TPSA) is 46.5 Å². The Morgan fingerprint density at radius 2 is 2.14 bits per heavy atom. The molecule has 0 saturated carbocycles. The lowest BCUT2D eigenvalue weighted by molar-refractivity contribution is -0.137. The van der Waals surface area contributed by atoms with E-state index in [2.05, 4.69) is 0 Å². The van der Waals surface area contributed by atoms with Crippen LogP contribution in [0.1, 0.15) is 13.8 Å². The molecule has 0 aliphatic heterocycles. The molecule has 1 N–H and O–H groups in total. The predicted molar refractivity (Wildman–Crippen MR) is 61.3 cm³/mol. The molecule has 0 amide bonds. The van der Waals surface area contributed by atoms with Crippen LogP contribution in [0, 0.1) is 9.49 Å². The molecule has 1 aromatic carbocycles. The van der Waals surface area contributed by atoms with Crippen LogP contribution in [0.3, 0.4) is 0 Å². The van der Waals surface area contributed by atoms with E-state index >= 15 is 0 Å². The van der Waals surface area contributed by atoms with Crippen LogP contribution in [-0.4, -0.2) is 11.1 Å². The van der Waals surface area contributed by atoms with Crippen molar-refractivity contribution in [3.05, 3.63) is 21.8 Å². The van der Waals surface area contributed by atoms with Crippen LogP contribution in [0.2, 0.25) is 0 Å². The first-order chi connectivity index (χ1) is 6.50. The van der Waals surface area contributed by atoms with E-state index in [1.54, 1.807) is 26.0 Å². The molecule has 14 heavy (non-hydrogen) atoms. The maximum Gasteiger partial charge on any atom is 0.313 e. The number of carbonyl (C=O) groups is 1. The fraction of sp³-hybridized carbons (Fsp3) is 0.300. The molecule has 0 heterocycles. The summed E-state index contributed by atoms with van der Waals surface area (Å²) in [6.45, 7) is 3.52. The fourth-order valence-electron chi connectivity index (χ4n) is 0.790. The zero-order valence-electron chi connectivity index (χ0n) is 7.95. The smallest absolute Gasteiger partial charge is 0.313 e. The molecule has 0 bridgehead atoms.